The minimum absolute atomic E-state index is 0.0392. The number of carboxylic acid groups (broad SMARTS) is 1. The monoisotopic (exact) mass is 720 g/mol. The number of anilines is 1. The van der Waals surface area contributed by atoms with E-state index in [0.717, 1.165) is 47.3 Å². The molecular weight excluding hydrogens is 677 g/mol. The number of thiophene rings is 1. The molecule has 0 fully saturated rings. The Balaban J connectivity index is 1.28. The fraction of sp³-hybridized carbons (Fsp3) is 0.293. The Kier molecular flexibility index (Phi) is 12.2. The zero-order valence-electron chi connectivity index (χ0n) is 29.0. The first-order valence-electron chi connectivity index (χ1n) is 17.7. The minimum atomic E-state index is -1.13. The second-order valence-corrected chi connectivity index (χ2v) is 13.8. The van der Waals surface area contributed by atoms with Gasteiger partial charge in [-0.15, -0.1) is 11.3 Å². The summed E-state index contributed by atoms with van der Waals surface area (Å²) < 4.78 is 12.4. The van der Waals surface area contributed by atoms with Crippen LogP contribution in [0.3, 0.4) is 0 Å². The summed E-state index contributed by atoms with van der Waals surface area (Å²) in [5.74, 6) is -0.394. The van der Waals surface area contributed by atoms with E-state index in [0.29, 0.717) is 90.5 Å². The Morgan fingerprint density at radius 3 is 2.42 bits per heavy atom. The molecule has 2 heterocycles. The third kappa shape index (κ3) is 8.79. The molecule has 52 heavy (non-hydrogen) atoms. The molecule has 1 aliphatic heterocycles. The lowest BCUT2D eigenvalue weighted by Crippen LogP contribution is -2.26. The van der Waals surface area contributed by atoms with Gasteiger partial charge in [-0.3, -0.25) is 9.59 Å². The van der Waals surface area contributed by atoms with Crippen LogP contribution in [0, 0.1) is 0 Å². The average molecular weight is 721 g/mol. The number of unbranched alkanes of at least 4 members (excludes halogenated alkanes) is 3. The number of fused-ring (bicyclic) bond motifs is 3. The lowest BCUT2D eigenvalue weighted by Gasteiger charge is -2.19. The van der Waals surface area contributed by atoms with Crippen molar-refractivity contribution in [2.75, 3.05) is 25.0 Å². The van der Waals surface area contributed by atoms with Crippen molar-refractivity contribution in [2.45, 2.75) is 58.1 Å². The number of nitrogens with one attached hydrogen (secondary N) is 2. The van der Waals surface area contributed by atoms with Crippen LogP contribution in [0.1, 0.15) is 75.9 Å². The number of benzene rings is 3. The van der Waals surface area contributed by atoms with Crippen LogP contribution in [-0.2, 0) is 29.1 Å². The van der Waals surface area contributed by atoms with Crippen molar-refractivity contribution in [1.82, 2.24) is 5.32 Å². The quantitative estimate of drug-likeness (QED) is 0.0806. The standard InChI is InChI=1S/C41H44N4O6S/c42-16-3-1-2-4-17-44-39(46)29-6-5-7-31(21-29)51-25-27-10-13-32(41(48)49)33(20-27)34-23-37-36(38-28(14-18-50-37)15-19-52-38)22-35(34)40(47)45-30-11-8-26(24-43)9-12-30/h6,8-13,15,19-23H,1-5,7,14,16-18,24-25,42-43H2,(H,44,46)(H,45,47)(H,48,49). The highest BCUT2D eigenvalue weighted by molar-refractivity contribution is 7.13. The van der Waals surface area contributed by atoms with E-state index in [4.69, 9.17) is 20.9 Å². The smallest absolute Gasteiger partial charge is 0.336 e. The number of hydrogen-bond acceptors (Lipinski definition) is 8. The highest BCUT2D eigenvalue weighted by Gasteiger charge is 2.26. The minimum Gasteiger partial charge on any atom is -0.493 e. The molecule has 270 valence electrons. The van der Waals surface area contributed by atoms with E-state index in [1.807, 2.05) is 23.6 Å². The van der Waals surface area contributed by atoms with Gasteiger partial charge >= 0.3 is 5.97 Å². The van der Waals surface area contributed by atoms with Crippen LogP contribution < -0.4 is 26.8 Å². The Bertz CT molecular complexity index is 2000. The number of ether oxygens (including phenoxy) is 2. The van der Waals surface area contributed by atoms with Crippen molar-refractivity contribution in [3.05, 3.63) is 117 Å². The zero-order valence-corrected chi connectivity index (χ0v) is 29.9. The van der Waals surface area contributed by atoms with Crippen molar-refractivity contribution in [3.63, 3.8) is 0 Å². The maximum atomic E-state index is 14.1. The third-order valence-corrected chi connectivity index (χ3v) is 10.2. The second kappa shape index (κ2) is 17.3. The summed E-state index contributed by atoms with van der Waals surface area (Å²) in [5, 5.41) is 18.3. The Morgan fingerprint density at radius 2 is 1.63 bits per heavy atom. The number of aromatic carboxylic acids is 1. The van der Waals surface area contributed by atoms with E-state index < -0.39 is 5.97 Å². The number of allylic oxidation sites excluding steroid dienone is 2. The van der Waals surface area contributed by atoms with Gasteiger partial charge in [-0.05, 0) is 108 Å². The molecule has 1 aliphatic carbocycles. The van der Waals surface area contributed by atoms with Gasteiger partial charge in [0.2, 0.25) is 0 Å². The molecule has 2 aliphatic rings. The molecular formula is C41H44N4O6S. The van der Waals surface area contributed by atoms with Gasteiger partial charge in [0.25, 0.3) is 11.8 Å². The molecule has 0 saturated carbocycles. The molecule has 10 nitrogen and oxygen atoms in total. The maximum absolute atomic E-state index is 14.1. The van der Waals surface area contributed by atoms with E-state index in [1.165, 1.54) is 6.07 Å². The lowest BCUT2D eigenvalue weighted by molar-refractivity contribution is -0.117. The Morgan fingerprint density at radius 1 is 0.846 bits per heavy atom. The predicted molar refractivity (Wildman–Crippen MR) is 204 cm³/mol. The van der Waals surface area contributed by atoms with Crippen LogP contribution in [0.5, 0.6) is 5.75 Å². The topological polar surface area (TPSA) is 166 Å². The van der Waals surface area contributed by atoms with Gasteiger partial charge in [-0.1, -0.05) is 37.1 Å². The Labute approximate surface area is 307 Å². The Hall–Kier alpha value is -5.23. The number of rotatable bonds is 15. The summed E-state index contributed by atoms with van der Waals surface area (Å²) in [7, 11) is 0. The van der Waals surface area contributed by atoms with Crippen LogP contribution >= 0.6 is 11.3 Å². The average Bonchev–Trinajstić information content (AvgIpc) is 3.56. The van der Waals surface area contributed by atoms with Gasteiger partial charge in [0.1, 0.15) is 12.4 Å². The molecule has 7 N–H and O–H groups in total. The number of hydrogen-bond donors (Lipinski definition) is 5. The molecule has 0 bridgehead atoms. The summed E-state index contributed by atoms with van der Waals surface area (Å²) in [5.41, 5.74) is 17.2. The first-order valence-corrected chi connectivity index (χ1v) is 18.6. The SMILES string of the molecule is NCCCCCCNC(=O)C1=CCCC(OCc2ccc(C(=O)O)c(-c3cc4c(cc3C(=O)Nc3ccc(CN)cc3)-c3sccc3CCO4)c2)=C1. The number of carbonyl (C=O) groups is 3. The molecule has 0 spiro atoms. The van der Waals surface area contributed by atoms with E-state index in [1.54, 1.807) is 53.8 Å². The lowest BCUT2D eigenvalue weighted by atomic mass is 9.91. The van der Waals surface area contributed by atoms with Gasteiger partial charge < -0.3 is 36.7 Å². The molecule has 11 heteroatoms. The predicted octanol–water partition coefficient (Wildman–Crippen LogP) is 7.18. The van der Waals surface area contributed by atoms with Crippen molar-refractivity contribution >= 4 is 34.8 Å². The van der Waals surface area contributed by atoms with E-state index >= 15 is 0 Å². The highest BCUT2D eigenvalue weighted by atomic mass is 32.1. The zero-order chi connectivity index (χ0) is 36.5. The van der Waals surface area contributed by atoms with Crippen molar-refractivity contribution < 1.29 is 29.0 Å². The van der Waals surface area contributed by atoms with Gasteiger partial charge in [-0.2, -0.15) is 0 Å². The molecule has 0 unspecified atom stereocenters. The molecule has 2 amide bonds. The highest BCUT2D eigenvalue weighted by Crippen LogP contribution is 2.43. The van der Waals surface area contributed by atoms with Crippen molar-refractivity contribution in [2.24, 2.45) is 11.5 Å². The van der Waals surface area contributed by atoms with Gasteiger partial charge in [-0.25, -0.2) is 4.79 Å². The van der Waals surface area contributed by atoms with Crippen LogP contribution in [0.2, 0.25) is 0 Å². The van der Waals surface area contributed by atoms with Crippen LogP contribution in [-0.4, -0.2) is 42.6 Å². The summed E-state index contributed by atoms with van der Waals surface area (Å²) in [6, 6.07) is 17.9. The number of carbonyl (C=O) groups excluding carboxylic acids is 2. The molecule has 6 rings (SSSR count). The molecule has 0 saturated heterocycles. The van der Waals surface area contributed by atoms with Crippen LogP contribution in [0.15, 0.2) is 89.5 Å². The number of amides is 2. The maximum Gasteiger partial charge on any atom is 0.336 e. The molecule has 3 aromatic carbocycles. The third-order valence-electron chi connectivity index (χ3n) is 9.21. The largest absolute Gasteiger partial charge is 0.493 e. The van der Waals surface area contributed by atoms with Crippen molar-refractivity contribution in [1.29, 1.82) is 0 Å². The summed E-state index contributed by atoms with van der Waals surface area (Å²) >= 11 is 1.58. The number of carboxylic acids is 1. The number of nitrogens with two attached hydrogens (primary N) is 2. The first kappa shape index (κ1) is 36.6. The second-order valence-electron chi connectivity index (χ2n) is 12.9. The molecule has 0 atom stereocenters. The van der Waals surface area contributed by atoms with E-state index in [-0.39, 0.29) is 24.0 Å². The first-order chi connectivity index (χ1) is 25.3. The fourth-order valence-corrected chi connectivity index (χ4v) is 7.37. The fourth-order valence-electron chi connectivity index (χ4n) is 6.39. The molecule has 0 radical (unpaired) electrons. The van der Waals surface area contributed by atoms with E-state index in [9.17, 15) is 19.5 Å². The van der Waals surface area contributed by atoms with Crippen LogP contribution in [0.25, 0.3) is 21.6 Å². The van der Waals surface area contributed by atoms with Gasteiger partial charge in [0.15, 0.2) is 0 Å². The molecule has 1 aromatic heterocycles. The van der Waals surface area contributed by atoms with E-state index in [2.05, 4.69) is 16.7 Å². The summed E-state index contributed by atoms with van der Waals surface area (Å²) in [4.78, 5) is 40.6. The summed E-state index contributed by atoms with van der Waals surface area (Å²) in [6.45, 7) is 2.26. The normalized spacial score (nSPS) is 13.4. The molecule has 4 aromatic rings. The summed E-state index contributed by atoms with van der Waals surface area (Å²) in [6.07, 6.45) is 9.67. The van der Waals surface area contributed by atoms with Crippen molar-refractivity contribution in [3.8, 4) is 27.3 Å². The van der Waals surface area contributed by atoms with Crippen LogP contribution in [0.4, 0.5) is 5.69 Å². The van der Waals surface area contributed by atoms with Gasteiger partial charge in [0.05, 0.1) is 17.9 Å². The van der Waals surface area contributed by atoms with Gasteiger partial charge in [0, 0.05) is 53.2 Å².